The van der Waals surface area contributed by atoms with Crippen molar-refractivity contribution in [1.82, 2.24) is 5.32 Å². The molecule has 0 aliphatic heterocycles. The highest BCUT2D eigenvalue weighted by molar-refractivity contribution is 5.66. The van der Waals surface area contributed by atoms with Gasteiger partial charge in [0, 0.05) is 6.54 Å². The second kappa shape index (κ2) is 3.44. The number of hydrogen-bond acceptors (Lipinski definition) is 2. The molecule has 1 fully saturated rings. The molecule has 0 unspecified atom stereocenters. The Labute approximate surface area is 60.7 Å². The van der Waals surface area contributed by atoms with Crippen molar-refractivity contribution in [1.29, 1.82) is 0 Å². The molecule has 0 bridgehead atoms. The molecule has 0 saturated heterocycles. The molecule has 58 valence electrons. The average Bonchev–Trinajstić information content (AvgIpc) is 2.71. The summed E-state index contributed by atoms with van der Waals surface area (Å²) in [5.41, 5.74) is 0. The summed E-state index contributed by atoms with van der Waals surface area (Å²) in [5, 5.41) is 2.64. The number of carbonyl (C=O) groups excluding carboxylic acids is 1. The summed E-state index contributed by atoms with van der Waals surface area (Å²) >= 11 is 0. The molecule has 1 saturated carbocycles. The summed E-state index contributed by atoms with van der Waals surface area (Å²) in [4.78, 5) is 10.5. The third kappa shape index (κ3) is 2.71. The Balaban J connectivity index is 1.88. The molecule has 1 amide bonds. The van der Waals surface area contributed by atoms with Crippen molar-refractivity contribution in [2.75, 3.05) is 13.7 Å². The largest absolute Gasteiger partial charge is 0.453 e. The van der Waals surface area contributed by atoms with Crippen LogP contribution in [0.15, 0.2) is 0 Å². The zero-order valence-electron chi connectivity index (χ0n) is 6.22. The Morgan fingerprint density at radius 1 is 1.70 bits per heavy atom. The molecular weight excluding hydrogens is 130 g/mol. The van der Waals surface area contributed by atoms with Gasteiger partial charge in [0.1, 0.15) is 0 Å². The molecule has 0 aromatic carbocycles. The van der Waals surface area contributed by atoms with Crippen molar-refractivity contribution in [2.24, 2.45) is 5.92 Å². The lowest BCUT2D eigenvalue weighted by atomic mass is 10.3. The lowest BCUT2D eigenvalue weighted by Gasteiger charge is -2.00. The highest BCUT2D eigenvalue weighted by Crippen LogP contribution is 2.31. The fraction of sp³-hybridized carbons (Fsp3) is 0.857. The normalized spacial score (nSPS) is 16.5. The van der Waals surface area contributed by atoms with Gasteiger partial charge in [0.15, 0.2) is 0 Å². The number of alkyl carbamates (subject to hydrolysis) is 1. The lowest BCUT2D eigenvalue weighted by molar-refractivity contribution is 0.171. The van der Waals surface area contributed by atoms with E-state index in [1.807, 2.05) is 0 Å². The van der Waals surface area contributed by atoms with Crippen molar-refractivity contribution in [3.63, 3.8) is 0 Å². The highest BCUT2D eigenvalue weighted by atomic mass is 16.5. The van der Waals surface area contributed by atoms with Crippen LogP contribution in [0, 0.1) is 5.92 Å². The summed E-state index contributed by atoms with van der Waals surface area (Å²) in [6, 6.07) is 0. The third-order valence-corrected chi connectivity index (χ3v) is 1.70. The zero-order valence-corrected chi connectivity index (χ0v) is 6.22. The van der Waals surface area contributed by atoms with Gasteiger partial charge in [-0.15, -0.1) is 0 Å². The number of carbonyl (C=O) groups is 1. The number of rotatable bonds is 3. The second-order valence-electron chi connectivity index (χ2n) is 2.65. The summed E-state index contributed by atoms with van der Waals surface area (Å²) in [7, 11) is 1.38. The van der Waals surface area contributed by atoms with Crippen LogP contribution < -0.4 is 5.32 Å². The van der Waals surface area contributed by atoms with E-state index in [0.29, 0.717) is 0 Å². The maximum atomic E-state index is 10.5. The van der Waals surface area contributed by atoms with Crippen molar-refractivity contribution in [2.45, 2.75) is 19.3 Å². The van der Waals surface area contributed by atoms with Crippen LogP contribution in [-0.4, -0.2) is 19.7 Å². The molecule has 0 spiro atoms. The molecule has 1 aliphatic carbocycles. The fourth-order valence-electron chi connectivity index (χ4n) is 0.857. The van der Waals surface area contributed by atoms with Gasteiger partial charge in [-0.1, -0.05) is 12.8 Å². The fourth-order valence-corrected chi connectivity index (χ4v) is 0.857. The first-order chi connectivity index (χ1) is 4.83. The zero-order chi connectivity index (χ0) is 7.40. The van der Waals surface area contributed by atoms with E-state index >= 15 is 0 Å². The van der Waals surface area contributed by atoms with Gasteiger partial charge in [0.05, 0.1) is 7.11 Å². The molecule has 3 nitrogen and oxygen atoms in total. The van der Waals surface area contributed by atoms with Crippen LogP contribution in [0.25, 0.3) is 0 Å². The molecule has 1 aliphatic rings. The molecule has 0 aromatic heterocycles. The molecule has 10 heavy (non-hydrogen) atoms. The van der Waals surface area contributed by atoms with E-state index in [-0.39, 0.29) is 6.09 Å². The van der Waals surface area contributed by atoms with E-state index in [9.17, 15) is 4.79 Å². The predicted molar refractivity (Wildman–Crippen MR) is 37.7 cm³/mol. The minimum Gasteiger partial charge on any atom is -0.453 e. The number of nitrogens with one attached hydrogen (secondary N) is 1. The third-order valence-electron chi connectivity index (χ3n) is 1.70. The Hall–Kier alpha value is -0.730. The van der Waals surface area contributed by atoms with Crippen molar-refractivity contribution in [3.05, 3.63) is 0 Å². The van der Waals surface area contributed by atoms with E-state index in [1.165, 1.54) is 20.0 Å². The number of amides is 1. The van der Waals surface area contributed by atoms with E-state index < -0.39 is 0 Å². The van der Waals surface area contributed by atoms with Gasteiger partial charge in [-0.2, -0.15) is 0 Å². The molecule has 0 aromatic rings. The van der Waals surface area contributed by atoms with Gasteiger partial charge < -0.3 is 10.1 Å². The van der Waals surface area contributed by atoms with E-state index in [0.717, 1.165) is 18.9 Å². The number of methoxy groups -OCH3 is 1. The van der Waals surface area contributed by atoms with Gasteiger partial charge in [0.25, 0.3) is 0 Å². The Morgan fingerprint density at radius 3 is 2.90 bits per heavy atom. The van der Waals surface area contributed by atoms with E-state index in [1.54, 1.807) is 0 Å². The van der Waals surface area contributed by atoms with Crippen molar-refractivity contribution >= 4 is 6.09 Å². The second-order valence-corrected chi connectivity index (χ2v) is 2.65. The van der Waals surface area contributed by atoms with Gasteiger partial charge in [-0.05, 0) is 12.3 Å². The maximum absolute atomic E-state index is 10.5. The van der Waals surface area contributed by atoms with Crippen LogP contribution in [0.5, 0.6) is 0 Å². The molecule has 3 heteroatoms. The summed E-state index contributed by atoms with van der Waals surface area (Å²) in [6.45, 7) is 0.761. The van der Waals surface area contributed by atoms with Crippen LogP contribution in [0.3, 0.4) is 0 Å². The first-order valence-corrected chi connectivity index (χ1v) is 3.64. The molecular formula is C7H13NO2. The summed E-state index contributed by atoms with van der Waals surface area (Å²) in [6.07, 6.45) is 3.46. The van der Waals surface area contributed by atoms with E-state index in [4.69, 9.17) is 0 Å². The average molecular weight is 143 g/mol. The predicted octanol–water partition coefficient (Wildman–Crippen LogP) is 1.14. The van der Waals surface area contributed by atoms with Crippen LogP contribution in [0.2, 0.25) is 0 Å². The van der Waals surface area contributed by atoms with Crippen LogP contribution >= 0.6 is 0 Å². The van der Waals surface area contributed by atoms with Gasteiger partial charge in [-0.3, -0.25) is 0 Å². The van der Waals surface area contributed by atoms with Crippen LogP contribution in [0.1, 0.15) is 19.3 Å². The molecule has 1 rings (SSSR count). The van der Waals surface area contributed by atoms with Crippen molar-refractivity contribution < 1.29 is 9.53 Å². The lowest BCUT2D eigenvalue weighted by Crippen LogP contribution is -2.24. The topological polar surface area (TPSA) is 38.3 Å². The monoisotopic (exact) mass is 143 g/mol. The molecule has 0 heterocycles. The quantitative estimate of drug-likeness (QED) is 0.643. The number of hydrogen-bond donors (Lipinski definition) is 1. The molecule has 0 radical (unpaired) electrons. The summed E-state index contributed by atoms with van der Waals surface area (Å²) in [5.74, 6) is 0.872. The van der Waals surface area contributed by atoms with Gasteiger partial charge >= 0.3 is 6.09 Å². The van der Waals surface area contributed by atoms with Crippen LogP contribution in [-0.2, 0) is 4.74 Å². The van der Waals surface area contributed by atoms with Gasteiger partial charge in [0.2, 0.25) is 0 Å². The SMILES string of the molecule is COC(=O)NCCC1CC1. The van der Waals surface area contributed by atoms with Crippen LogP contribution in [0.4, 0.5) is 4.79 Å². The first kappa shape index (κ1) is 7.38. The Bertz CT molecular complexity index is 121. The maximum Gasteiger partial charge on any atom is 0.406 e. The molecule has 0 atom stereocenters. The summed E-state index contributed by atoms with van der Waals surface area (Å²) < 4.78 is 4.40. The standard InChI is InChI=1S/C7H13NO2/c1-10-7(9)8-5-4-6-2-3-6/h6H,2-5H2,1H3,(H,8,9). The van der Waals surface area contributed by atoms with Gasteiger partial charge in [-0.25, -0.2) is 4.79 Å². The Kier molecular flexibility index (Phi) is 2.54. The Morgan fingerprint density at radius 2 is 2.40 bits per heavy atom. The minimum absolute atomic E-state index is 0.319. The highest BCUT2D eigenvalue weighted by Gasteiger charge is 2.20. The van der Waals surface area contributed by atoms with E-state index in [2.05, 4.69) is 10.1 Å². The minimum atomic E-state index is -0.319. The number of ether oxygens (including phenoxy) is 1. The smallest absolute Gasteiger partial charge is 0.406 e. The first-order valence-electron chi connectivity index (χ1n) is 3.64. The van der Waals surface area contributed by atoms with Crippen molar-refractivity contribution in [3.8, 4) is 0 Å². The molecule has 1 N–H and O–H groups in total.